The highest BCUT2D eigenvalue weighted by Gasteiger charge is 2.44. The molecule has 0 bridgehead atoms. The Kier molecular flexibility index (Phi) is 2.54. The normalized spacial score (nSPS) is 22.0. The van der Waals surface area contributed by atoms with Crippen LogP contribution in [0.15, 0.2) is 23.1 Å². The van der Waals surface area contributed by atoms with E-state index in [-0.39, 0.29) is 16.4 Å². The Balaban J connectivity index is 2.01. The summed E-state index contributed by atoms with van der Waals surface area (Å²) in [6.45, 7) is 0. The molecule has 90 valence electrons. The molecule has 1 amide bonds. The van der Waals surface area contributed by atoms with E-state index in [0.29, 0.717) is 0 Å². The molecule has 1 aliphatic heterocycles. The third kappa shape index (κ3) is 1.71. The van der Waals surface area contributed by atoms with Crippen LogP contribution >= 0.6 is 11.8 Å². The Labute approximate surface area is 105 Å². The van der Waals surface area contributed by atoms with Crippen LogP contribution in [0.1, 0.15) is 32.1 Å². The number of carbonyl (C=O) groups excluding carboxylic acids is 1. The molecule has 1 aromatic rings. The lowest BCUT2D eigenvalue weighted by Crippen LogP contribution is -2.43. The first kappa shape index (κ1) is 11.0. The number of phenolic OH excluding ortho intramolecular Hbond substituents is 1. The van der Waals surface area contributed by atoms with Crippen molar-refractivity contribution < 1.29 is 9.90 Å². The molecule has 17 heavy (non-hydrogen) atoms. The first-order chi connectivity index (χ1) is 8.21. The summed E-state index contributed by atoms with van der Waals surface area (Å²) < 4.78 is -0.343. The lowest BCUT2D eigenvalue weighted by molar-refractivity contribution is -0.119. The highest BCUT2D eigenvalue weighted by molar-refractivity contribution is 8.01. The van der Waals surface area contributed by atoms with Crippen molar-refractivity contribution in [2.45, 2.75) is 41.7 Å². The van der Waals surface area contributed by atoms with Gasteiger partial charge in [0.25, 0.3) is 0 Å². The number of aromatic hydroxyl groups is 1. The summed E-state index contributed by atoms with van der Waals surface area (Å²) in [5.74, 6) is 0.387. The van der Waals surface area contributed by atoms with Crippen molar-refractivity contribution in [2.24, 2.45) is 0 Å². The lowest BCUT2D eigenvalue weighted by Gasteiger charge is -2.39. The van der Waals surface area contributed by atoms with Gasteiger partial charge in [-0.2, -0.15) is 0 Å². The minimum atomic E-state index is -0.343. The van der Waals surface area contributed by atoms with E-state index in [1.165, 1.54) is 6.42 Å². The average molecular weight is 249 g/mol. The van der Waals surface area contributed by atoms with Gasteiger partial charge in [-0.1, -0.05) is 25.3 Å². The maximum Gasteiger partial charge on any atom is 0.241 e. The summed E-state index contributed by atoms with van der Waals surface area (Å²) in [7, 11) is 0. The smallest absolute Gasteiger partial charge is 0.241 e. The molecule has 0 unspecified atom stereocenters. The van der Waals surface area contributed by atoms with Gasteiger partial charge in [0.05, 0.1) is 15.3 Å². The number of anilines is 1. The van der Waals surface area contributed by atoms with Gasteiger partial charge >= 0.3 is 0 Å². The fraction of sp³-hybridized carbons (Fsp3) is 0.462. The molecular weight excluding hydrogens is 234 g/mol. The molecule has 0 saturated heterocycles. The second-order valence-corrected chi connectivity index (χ2v) is 6.16. The molecule has 2 N–H and O–H groups in total. The van der Waals surface area contributed by atoms with Gasteiger partial charge in [0.1, 0.15) is 5.75 Å². The van der Waals surface area contributed by atoms with E-state index in [1.807, 2.05) is 6.07 Å². The van der Waals surface area contributed by atoms with Crippen molar-refractivity contribution in [3.05, 3.63) is 18.2 Å². The zero-order chi connectivity index (χ0) is 11.9. The quantitative estimate of drug-likeness (QED) is 0.742. The van der Waals surface area contributed by atoms with E-state index in [2.05, 4.69) is 5.32 Å². The molecule has 3 nitrogen and oxygen atoms in total. The molecule has 0 aromatic heterocycles. The largest absolute Gasteiger partial charge is 0.507 e. The van der Waals surface area contributed by atoms with Crippen LogP contribution in [0.2, 0.25) is 0 Å². The average Bonchev–Trinajstić information content (AvgIpc) is 2.34. The number of phenols is 1. The van der Waals surface area contributed by atoms with E-state index in [0.717, 1.165) is 36.3 Å². The highest BCUT2D eigenvalue weighted by Crippen LogP contribution is 2.52. The van der Waals surface area contributed by atoms with Gasteiger partial charge in [-0.05, 0) is 25.0 Å². The molecule has 1 heterocycles. The Hall–Kier alpha value is -1.16. The fourth-order valence-electron chi connectivity index (χ4n) is 2.66. The minimum absolute atomic E-state index is 0.111. The molecule has 0 radical (unpaired) electrons. The summed E-state index contributed by atoms with van der Waals surface area (Å²) in [6, 6.07) is 5.28. The molecule has 1 saturated carbocycles. The van der Waals surface area contributed by atoms with E-state index in [9.17, 15) is 9.90 Å². The van der Waals surface area contributed by atoms with Crippen molar-refractivity contribution in [3.8, 4) is 5.75 Å². The molecule has 0 atom stereocenters. The van der Waals surface area contributed by atoms with E-state index >= 15 is 0 Å². The zero-order valence-electron chi connectivity index (χ0n) is 9.53. The lowest BCUT2D eigenvalue weighted by atomic mass is 9.87. The maximum absolute atomic E-state index is 12.2. The molecule has 1 spiro atoms. The van der Waals surface area contributed by atoms with Gasteiger partial charge in [0.2, 0.25) is 5.91 Å². The monoisotopic (exact) mass is 249 g/mol. The van der Waals surface area contributed by atoms with Gasteiger partial charge in [-0.25, -0.2) is 0 Å². The number of hydrogen-bond acceptors (Lipinski definition) is 3. The second kappa shape index (κ2) is 3.95. The van der Waals surface area contributed by atoms with Crippen LogP contribution in [0.25, 0.3) is 0 Å². The van der Waals surface area contributed by atoms with Crippen LogP contribution in [-0.4, -0.2) is 15.8 Å². The summed E-state index contributed by atoms with van der Waals surface area (Å²) >= 11 is 1.55. The molecule has 1 fully saturated rings. The number of rotatable bonds is 0. The minimum Gasteiger partial charge on any atom is -0.507 e. The molecule has 1 aromatic carbocycles. The highest BCUT2D eigenvalue weighted by atomic mass is 32.2. The molecular formula is C13H15NO2S. The topological polar surface area (TPSA) is 49.3 Å². The van der Waals surface area contributed by atoms with Crippen LogP contribution in [0.3, 0.4) is 0 Å². The summed E-state index contributed by atoms with van der Waals surface area (Å²) in [5, 5.41) is 12.8. The zero-order valence-corrected chi connectivity index (χ0v) is 10.3. The van der Waals surface area contributed by atoms with E-state index < -0.39 is 0 Å². The SMILES string of the molecule is O=C1Nc2cccc(O)c2SC12CCCCC2. The molecule has 4 heteroatoms. The summed E-state index contributed by atoms with van der Waals surface area (Å²) in [4.78, 5) is 13.1. The van der Waals surface area contributed by atoms with Crippen molar-refractivity contribution in [3.63, 3.8) is 0 Å². The molecule has 1 aliphatic carbocycles. The van der Waals surface area contributed by atoms with Crippen LogP contribution < -0.4 is 5.32 Å². The van der Waals surface area contributed by atoms with Gasteiger partial charge in [-0.15, -0.1) is 11.8 Å². The number of amides is 1. The number of thioether (sulfide) groups is 1. The standard InChI is InChI=1S/C13H15NO2S/c15-10-6-4-5-9-11(10)17-13(12(16)14-9)7-2-1-3-8-13/h4-6,15H,1-3,7-8H2,(H,14,16). The van der Waals surface area contributed by atoms with Gasteiger partial charge in [0, 0.05) is 0 Å². The molecule has 3 rings (SSSR count). The van der Waals surface area contributed by atoms with Crippen molar-refractivity contribution >= 4 is 23.4 Å². The van der Waals surface area contributed by atoms with Crippen molar-refractivity contribution in [2.75, 3.05) is 5.32 Å². The van der Waals surface area contributed by atoms with Crippen LogP contribution in [0.4, 0.5) is 5.69 Å². The number of benzene rings is 1. The van der Waals surface area contributed by atoms with Crippen LogP contribution in [0.5, 0.6) is 5.75 Å². The van der Waals surface area contributed by atoms with Gasteiger partial charge in [-0.3, -0.25) is 4.79 Å². The first-order valence-corrected chi connectivity index (χ1v) is 6.85. The van der Waals surface area contributed by atoms with Crippen molar-refractivity contribution in [1.29, 1.82) is 0 Å². The van der Waals surface area contributed by atoms with E-state index in [1.54, 1.807) is 23.9 Å². The number of carbonyl (C=O) groups is 1. The third-order valence-electron chi connectivity index (χ3n) is 3.61. The fourth-order valence-corrected chi connectivity index (χ4v) is 4.09. The van der Waals surface area contributed by atoms with Gasteiger partial charge < -0.3 is 10.4 Å². The number of fused-ring (bicyclic) bond motifs is 1. The number of nitrogens with one attached hydrogen (secondary N) is 1. The number of hydrogen-bond donors (Lipinski definition) is 2. The summed E-state index contributed by atoms with van der Waals surface area (Å²) in [6.07, 6.45) is 5.24. The summed E-state index contributed by atoms with van der Waals surface area (Å²) in [5.41, 5.74) is 0.746. The third-order valence-corrected chi connectivity index (χ3v) is 5.23. The Morgan fingerprint density at radius 1 is 1.24 bits per heavy atom. The van der Waals surface area contributed by atoms with Crippen LogP contribution in [0, 0.1) is 0 Å². The van der Waals surface area contributed by atoms with E-state index in [4.69, 9.17) is 0 Å². The van der Waals surface area contributed by atoms with Gasteiger partial charge in [0.15, 0.2) is 0 Å². The Morgan fingerprint density at radius 3 is 2.76 bits per heavy atom. The second-order valence-electron chi connectivity index (χ2n) is 4.76. The maximum atomic E-state index is 12.2. The van der Waals surface area contributed by atoms with Crippen molar-refractivity contribution in [1.82, 2.24) is 0 Å². The molecule has 2 aliphatic rings. The predicted octanol–water partition coefficient (Wildman–Crippen LogP) is 3.14. The predicted molar refractivity (Wildman–Crippen MR) is 68.4 cm³/mol. The Bertz CT molecular complexity index is 466. The van der Waals surface area contributed by atoms with Crippen LogP contribution in [-0.2, 0) is 4.79 Å². The first-order valence-electron chi connectivity index (χ1n) is 6.04. The Morgan fingerprint density at radius 2 is 2.00 bits per heavy atom.